The summed E-state index contributed by atoms with van der Waals surface area (Å²) in [6.07, 6.45) is 0. The molecule has 1 aromatic heterocycles. The van der Waals surface area contributed by atoms with E-state index in [-0.39, 0.29) is 5.82 Å². The summed E-state index contributed by atoms with van der Waals surface area (Å²) >= 11 is 0. The van der Waals surface area contributed by atoms with Crippen molar-refractivity contribution in [2.45, 2.75) is 6.92 Å². The summed E-state index contributed by atoms with van der Waals surface area (Å²) < 4.78 is 65.4. The minimum absolute atomic E-state index is 0.114. The fourth-order valence-electron chi connectivity index (χ4n) is 1.47. The van der Waals surface area contributed by atoms with Crippen LogP contribution in [0.15, 0.2) is 6.07 Å². The predicted molar refractivity (Wildman–Crippen MR) is 57.5 cm³/mol. The van der Waals surface area contributed by atoms with E-state index in [9.17, 15) is 26.7 Å². The number of carbonyl (C=O) groups is 1. The number of H-pyrrole nitrogens is 1. The van der Waals surface area contributed by atoms with Gasteiger partial charge >= 0.3 is 0 Å². The Morgan fingerprint density at radius 2 is 1.55 bits per heavy atom. The van der Waals surface area contributed by atoms with E-state index in [1.807, 2.05) is 5.32 Å². The first-order valence-corrected chi connectivity index (χ1v) is 5.17. The van der Waals surface area contributed by atoms with Crippen molar-refractivity contribution in [3.8, 4) is 0 Å². The number of hydrogen-bond donors (Lipinski definition) is 2. The highest BCUT2D eigenvalue weighted by Gasteiger charge is 2.29. The lowest BCUT2D eigenvalue weighted by atomic mass is 10.1. The average Bonchev–Trinajstić information content (AvgIpc) is 2.79. The zero-order valence-electron chi connectivity index (χ0n) is 9.82. The maximum atomic E-state index is 13.4. The number of aromatic nitrogens is 2. The second kappa shape index (κ2) is 4.91. The number of halogens is 5. The van der Waals surface area contributed by atoms with Crippen molar-refractivity contribution < 1.29 is 26.7 Å². The molecule has 0 aliphatic rings. The van der Waals surface area contributed by atoms with E-state index in [4.69, 9.17) is 0 Å². The van der Waals surface area contributed by atoms with Gasteiger partial charge in [0, 0.05) is 11.8 Å². The summed E-state index contributed by atoms with van der Waals surface area (Å²) in [6.45, 7) is 1.58. The number of aromatic amines is 1. The van der Waals surface area contributed by atoms with Gasteiger partial charge in [-0.1, -0.05) is 0 Å². The second-order valence-corrected chi connectivity index (χ2v) is 3.84. The topological polar surface area (TPSA) is 57.8 Å². The SMILES string of the molecule is Cc1cc(NC(=O)c2c(F)c(F)c(F)c(F)c2F)n[nH]1. The molecule has 0 bridgehead atoms. The fourth-order valence-corrected chi connectivity index (χ4v) is 1.47. The van der Waals surface area contributed by atoms with Crippen LogP contribution in [0.4, 0.5) is 27.8 Å². The molecule has 0 aliphatic heterocycles. The molecular weight excluding hydrogens is 285 g/mol. The fraction of sp³-hybridized carbons (Fsp3) is 0.0909. The quantitative estimate of drug-likeness (QED) is 0.508. The summed E-state index contributed by atoms with van der Waals surface area (Å²) in [5, 5.41) is 7.88. The van der Waals surface area contributed by atoms with Gasteiger partial charge in [0.2, 0.25) is 5.82 Å². The third-order valence-corrected chi connectivity index (χ3v) is 2.38. The molecule has 2 N–H and O–H groups in total. The largest absolute Gasteiger partial charge is 0.305 e. The number of rotatable bonds is 2. The molecule has 20 heavy (non-hydrogen) atoms. The average molecular weight is 291 g/mol. The third-order valence-electron chi connectivity index (χ3n) is 2.38. The van der Waals surface area contributed by atoms with Crippen LogP contribution in [0.1, 0.15) is 16.1 Å². The number of amides is 1. The molecule has 1 heterocycles. The van der Waals surface area contributed by atoms with E-state index >= 15 is 0 Å². The molecule has 0 radical (unpaired) electrons. The number of hydrogen-bond acceptors (Lipinski definition) is 2. The van der Waals surface area contributed by atoms with Gasteiger partial charge in [0.05, 0.1) is 0 Å². The van der Waals surface area contributed by atoms with E-state index in [0.717, 1.165) is 0 Å². The summed E-state index contributed by atoms with van der Waals surface area (Å²) in [5.41, 5.74) is -1.04. The molecule has 1 amide bonds. The van der Waals surface area contributed by atoms with Gasteiger partial charge in [0.25, 0.3) is 5.91 Å². The first-order chi connectivity index (χ1) is 9.32. The molecule has 2 aromatic rings. The summed E-state index contributed by atoms with van der Waals surface area (Å²) in [7, 11) is 0. The smallest absolute Gasteiger partial charge is 0.263 e. The van der Waals surface area contributed by atoms with Crippen molar-refractivity contribution in [3.63, 3.8) is 0 Å². The van der Waals surface area contributed by atoms with Crippen LogP contribution in [0.3, 0.4) is 0 Å². The molecule has 0 spiro atoms. The number of carbonyl (C=O) groups excluding carboxylic acids is 1. The molecule has 106 valence electrons. The normalized spacial score (nSPS) is 10.7. The van der Waals surface area contributed by atoms with Crippen LogP contribution < -0.4 is 5.32 Å². The molecule has 0 saturated heterocycles. The molecule has 0 saturated carbocycles. The Hall–Kier alpha value is -2.45. The van der Waals surface area contributed by atoms with Gasteiger partial charge in [0.1, 0.15) is 5.56 Å². The lowest BCUT2D eigenvalue weighted by Gasteiger charge is -2.07. The predicted octanol–water partition coefficient (Wildman–Crippen LogP) is 2.67. The van der Waals surface area contributed by atoms with E-state index in [1.165, 1.54) is 6.07 Å². The monoisotopic (exact) mass is 291 g/mol. The first kappa shape index (κ1) is 14.0. The van der Waals surface area contributed by atoms with Crippen molar-refractivity contribution in [1.82, 2.24) is 10.2 Å². The minimum atomic E-state index is -2.33. The van der Waals surface area contributed by atoms with E-state index in [0.29, 0.717) is 5.69 Å². The number of nitrogens with zero attached hydrogens (tertiary/aromatic N) is 1. The van der Waals surface area contributed by atoms with Gasteiger partial charge in [-0.2, -0.15) is 5.10 Å². The second-order valence-electron chi connectivity index (χ2n) is 3.84. The summed E-state index contributed by atoms with van der Waals surface area (Å²) in [4.78, 5) is 11.6. The summed E-state index contributed by atoms with van der Waals surface area (Å²) in [5.74, 6) is -12.7. The Morgan fingerprint density at radius 3 is 2.00 bits per heavy atom. The van der Waals surface area contributed by atoms with Gasteiger partial charge in [-0.25, -0.2) is 22.0 Å². The Bertz CT molecular complexity index is 669. The molecule has 9 heteroatoms. The molecule has 0 atom stereocenters. The van der Waals surface area contributed by atoms with Crippen molar-refractivity contribution >= 4 is 11.7 Å². The first-order valence-electron chi connectivity index (χ1n) is 5.17. The van der Waals surface area contributed by atoms with Crippen molar-refractivity contribution in [1.29, 1.82) is 0 Å². The molecule has 1 aromatic carbocycles. The zero-order chi connectivity index (χ0) is 15.0. The maximum Gasteiger partial charge on any atom is 0.263 e. The van der Waals surface area contributed by atoms with Gasteiger partial charge in [-0.05, 0) is 6.92 Å². The van der Waals surface area contributed by atoms with Crippen LogP contribution in [-0.4, -0.2) is 16.1 Å². The van der Waals surface area contributed by atoms with Crippen molar-refractivity contribution in [2.75, 3.05) is 5.32 Å². The number of nitrogens with one attached hydrogen (secondary N) is 2. The summed E-state index contributed by atoms with van der Waals surface area (Å²) in [6, 6.07) is 1.31. The molecular formula is C11H6F5N3O. The van der Waals surface area contributed by atoms with Crippen molar-refractivity contribution in [3.05, 3.63) is 46.4 Å². The van der Waals surface area contributed by atoms with E-state index in [2.05, 4.69) is 10.2 Å². The molecule has 4 nitrogen and oxygen atoms in total. The van der Waals surface area contributed by atoms with E-state index in [1.54, 1.807) is 6.92 Å². The Balaban J connectivity index is 2.45. The van der Waals surface area contributed by atoms with Gasteiger partial charge in [0.15, 0.2) is 29.1 Å². The lowest BCUT2D eigenvalue weighted by molar-refractivity contribution is 0.101. The van der Waals surface area contributed by atoms with Gasteiger partial charge < -0.3 is 5.32 Å². The Labute approximate surface area is 108 Å². The van der Waals surface area contributed by atoms with Gasteiger partial charge in [-0.3, -0.25) is 9.89 Å². The molecule has 2 rings (SSSR count). The van der Waals surface area contributed by atoms with Crippen LogP contribution >= 0.6 is 0 Å². The Morgan fingerprint density at radius 1 is 1.05 bits per heavy atom. The van der Waals surface area contributed by atoms with Crippen LogP contribution in [0.25, 0.3) is 0 Å². The highest BCUT2D eigenvalue weighted by Crippen LogP contribution is 2.23. The molecule has 0 unspecified atom stereocenters. The highest BCUT2D eigenvalue weighted by atomic mass is 19.2. The van der Waals surface area contributed by atoms with Gasteiger partial charge in [-0.15, -0.1) is 0 Å². The van der Waals surface area contributed by atoms with Crippen molar-refractivity contribution in [2.24, 2.45) is 0 Å². The third kappa shape index (κ3) is 2.22. The molecule has 0 fully saturated rings. The van der Waals surface area contributed by atoms with Crippen LogP contribution in [0.2, 0.25) is 0 Å². The van der Waals surface area contributed by atoms with Crippen LogP contribution in [0, 0.1) is 36.0 Å². The number of anilines is 1. The zero-order valence-corrected chi connectivity index (χ0v) is 9.82. The lowest BCUT2D eigenvalue weighted by Crippen LogP contribution is -2.19. The molecule has 0 aliphatic carbocycles. The minimum Gasteiger partial charge on any atom is -0.305 e. The number of aryl methyl sites for hydroxylation is 1. The number of benzene rings is 1. The highest BCUT2D eigenvalue weighted by molar-refractivity contribution is 6.04. The standard InChI is InChI=1S/C11H6F5N3O/c1-3-2-4(19-18-3)17-11(20)5-6(12)8(14)10(16)9(15)7(5)13/h2H,1H3,(H2,17,18,19,20). The van der Waals surface area contributed by atoms with Crippen LogP contribution in [-0.2, 0) is 0 Å². The van der Waals surface area contributed by atoms with Crippen LogP contribution in [0.5, 0.6) is 0 Å². The Kier molecular flexibility index (Phi) is 3.43. The maximum absolute atomic E-state index is 13.4. The van der Waals surface area contributed by atoms with E-state index < -0.39 is 40.6 Å².